The molecule has 2 saturated heterocycles. The van der Waals surface area contributed by atoms with E-state index in [1.807, 2.05) is 0 Å². The van der Waals surface area contributed by atoms with Gasteiger partial charge >= 0.3 is 6.03 Å². The highest BCUT2D eigenvalue weighted by atomic mass is 16.5. The minimum atomic E-state index is -0.889. The van der Waals surface area contributed by atoms with Gasteiger partial charge in [-0.05, 0) is 49.9 Å². The fraction of sp³-hybridized carbons (Fsp3) is 0.875. The Labute approximate surface area is 193 Å². The molecular formula is C24H41N5O3. The van der Waals surface area contributed by atoms with Crippen LogP contribution in [0.2, 0.25) is 0 Å². The molecule has 0 spiro atoms. The second-order valence-corrected chi connectivity index (χ2v) is 11.2. The van der Waals surface area contributed by atoms with Crippen molar-refractivity contribution in [2.45, 2.75) is 83.8 Å². The monoisotopic (exact) mass is 447 g/mol. The molecule has 0 bridgehead atoms. The Morgan fingerprint density at radius 3 is 2.41 bits per heavy atom. The van der Waals surface area contributed by atoms with Crippen LogP contribution in [0.15, 0.2) is 0 Å². The van der Waals surface area contributed by atoms with E-state index in [9.17, 15) is 14.9 Å². The molecule has 180 valence electrons. The minimum absolute atomic E-state index is 0.152. The summed E-state index contributed by atoms with van der Waals surface area (Å²) in [6, 6.07) is 1.99. The van der Waals surface area contributed by atoms with Gasteiger partial charge in [-0.25, -0.2) is 4.79 Å². The minimum Gasteiger partial charge on any atom is -0.378 e. The van der Waals surface area contributed by atoms with Crippen LogP contribution in [-0.2, 0) is 9.53 Å². The van der Waals surface area contributed by atoms with Crippen LogP contribution in [0, 0.1) is 22.7 Å². The standard InChI is InChI=1S/C24H41N5O3/c1-18-5-7-19(8-6-18)29-10-9-24(16-25,17-29)27-21(30)20(15-23(2,3)4)26-22(31)28-11-13-32-14-12-28/h18-20H,5-15,17H2,1-4H3,(H,26,31)(H,27,30). The summed E-state index contributed by atoms with van der Waals surface area (Å²) in [6.07, 6.45) is 5.92. The molecule has 3 rings (SSSR count). The summed E-state index contributed by atoms with van der Waals surface area (Å²) in [5.74, 6) is 0.518. The number of rotatable bonds is 5. The van der Waals surface area contributed by atoms with Crippen LogP contribution in [0.4, 0.5) is 4.79 Å². The molecule has 0 aromatic carbocycles. The van der Waals surface area contributed by atoms with Gasteiger partial charge in [0.25, 0.3) is 0 Å². The van der Waals surface area contributed by atoms with Gasteiger partial charge in [-0.2, -0.15) is 5.26 Å². The zero-order chi connectivity index (χ0) is 23.4. The molecule has 1 aliphatic carbocycles. The lowest BCUT2D eigenvalue weighted by atomic mass is 9.86. The van der Waals surface area contributed by atoms with Gasteiger partial charge in [-0.3, -0.25) is 9.69 Å². The van der Waals surface area contributed by atoms with E-state index in [1.54, 1.807) is 4.90 Å². The van der Waals surface area contributed by atoms with Crippen molar-refractivity contribution in [3.05, 3.63) is 0 Å². The van der Waals surface area contributed by atoms with Crippen LogP contribution in [0.3, 0.4) is 0 Å². The maximum atomic E-state index is 13.3. The fourth-order valence-corrected chi connectivity index (χ4v) is 5.13. The lowest BCUT2D eigenvalue weighted by molar-refractivity contribution is -0.125. The molecule has 0 aromatic rings. The average Bonchev–Trinajstić information content (AvgIpc) is 3.18. The SMILES string of the molecule is CC1CCC(N2CCC(C#N)(NC(=O)C(CC(C)(C)C)NC(=O)N3CCOCC3)C2)CC1. The Bertz CT molecular complexity index is 701. The van der Waals surface area contributed by atoms with E-state index < -0.39 is 11.6 Å². The lowest BCUT2D eigenvalue weighted by Gasteiger charge is -2.35. The van der Waals surface area contributed by atoms with Crippen LogP contribution in [0.5, 0.6) is 0 Å². The summed E-state index contributed by atoms with van der Waals surface area (Å²) in [5, 5.41) is 16.0. The molecule has 32 heavy (non-hydrogen) atoms. The maximum absolute atomic E-state index is 13.3. The largest absolute Gasteiger partial charge is 0.378 e. The van der Waals surface area contributed by atoms with Crippen molar-refractivity contribution in [1.82, 2.24) is 20.4 Å². The second kappa shape index (κ2) is 10.4. The van der Waals surface area contributed by atoms with Crippen LogP contribution < -0.4 is 10.6 Å². The molecule has 3 aliphatic rings. The van der Waals surface area contributed by atoms with E-state index in [2.05, 4.69) is 49.3 Å². The van der Waals surface area contributed by atoms with Crippen molar-refractivity contribution >= 4 is 11.9 Å². The van der Waals surface area contributed by atoms with Crippen molar-refractivity contribution in [3.8, 4) is 6.07 Å². The van der Waals surface area contributed by atoms with Crippen LogP contribution in [0.1, 0.15) is 66.2 Å². The Hall–Kier alpha value is -1.85. The normalized spacial score (nSPS) is 30.4. The number of nitrogens with zero attached hydrogens (tertiary/aromatic N) is 3. The second-order valence-electron chi connectivity index (χ2n) is 11.2. The number of hydrogen-bond donors (Lipinski definition) is 2. The van der Waals surface area contributed by atoms with Crippen LogP contribution in [0.25, 0.3) is 0 Å². The summed E-state index contributed by atoms with van der Waals surface area (Å²) < 4.78 is 5.32. The Morgan fingerprint density at radius 2 is 1.81 bits per heavy atom. The van der Waals surface area contributed by atoms with E-state index in [4.69, 9.17) is 4.74 Å². The van der Waals surface area contributed by atoms with Gasteiger partial charge in [0, 0.05) is 32.2 Å². The zero-order valence-electron chi connectivity index (χ0n) is 20.3. The molecule has 2 aliphatic heterocycles. The quantitative estimate of drug-likeness (QED) is 0.675. The average molecular weight is 448 g/mol. The number of amides is 3. The highest BCUT2D eigenvalue weighted by Gasteiger charge is 2.44. The van der Waals surface area contributed by atoms with Crippen molar-refractivity contribution in [2.24, 2.45) is 11.3 Å². The van der Waals surface area contributed by atoms with Gasteiger partial charge in [0.1, 0.15) is 11.6 Å². The van der Waals surface area contributed by atoms with E-state index in [1.165, 1.54) is 25.7 Å². The highest BCUT2D eigenvalue weighted by molar-refractivity contribution is 5.88. The number of likely N-dealkylation sites (tertiary alicyclic amines) is 1. The Kier molecular flexibility index (Phi) is 8.05. The van der Waals surface area contributed by atoms with Gasteiger partial charge in [-0.1, -0.05) is 27.7 Å². The lowest BCUT2D eigenvalue weighted by Crippen LogP contribution is -2.59. The zero-order valence-corrected chi connectivity index (χ0v) is 20.3. The molecule has 8 heteroatoms. The third-order valence-corrected chi connectivity index (χ3v) is 7.11. The van der Waals surface area contributed by atoms with E-state index in [0.717, 1.165) is 12.5 Å². The molecule has 2 heterocycles. The van der Waals surface area contributed by atoms with Crippen LogP contribution >= 0.6 is 0 Å². The number of nitrogens with one attached hydrogen (secondary N) is 2. The fourth-order valence-electron chi connectivity index (χ4n) is 5.13. The third kappa shape index (κ3) is 6.58. The molecule has 2 N–H and O–H groups in total. The smallest absolute Gasteiger partial charge is 0.318 e. The molecular weight excluding hydrogens is 406 g/mol. The number of carbonyl (C=O) groups excluding carboxylic acids is 2. The van der Waals surface area contributed by atoms with Crippen molar-refractivity contribution in [2.75, 3.05) is 39.4 Å². The number of morpholine rings is 1. The predicted molar refractivity (Wildman–Crippen MR) is 123 cm³/mol. The Balaban J connectivity index is 1.64. The number of hydrogen-bond acceptors (Lipinski definition) is 5. The van der Waals surface area contributed by atoms with Crippen molar-refractivity contribution in [1.29, 1.82) is 5.26 Å². The van der Waals surface area contributed by atoms with Gasteiger partial charge < -0.3 is 20.3 Å². The summed E-state index contributed by atoms with van der Waals surface area (Å²) in [5.41, 5.74) is -1.04. The number of nitriles is 1. The number of carbonyl (C=O) groups is 2. The first-order valence-corrected chi connectivity index (χ1v) is 12.2. The molecule has 2 atom stereocenters. The van der Waals surface area contributed by atoms with E-state index in [0.29, 0.717) is 51.7 Å². The molecule has 3 fully saturated rings. The van der Waals surface area contributed by atoms with Crippen molar-refractivity contribution in [3.63, 3.8) is 0 Å². The number of urea groups is 1. The molecule has 0 aromatic heterocycles. The van der Waals surface area contributed by atoms with E-state index in [-0.39, 0.29) is 17.4 Å². The molecule has 2 unspecified atom stereocenters. The van der Waals surface area contributed by atoms with E-state index >= 15 is 0 Å². The van der Waals surface area contributed by atoms with Gasteiger partial charge in [0.15, 0.2) is 0 Å². The highest BCUT2D eigenvalue weighted by Crippen LogP contribution is 2.32. The summed E-state index contributed by atoms with van der Waals surface area (Å²) >= 11 is 0. The molecule has 8 nitrogen and oxygen atoms in total. The van der Waals surface area contributed by atoms with Gasteiger partial charge in [-0.15, -0.1) is 0 Å². The van der Waals surface area contributed by atoms with Crippen LogP contribution in [-0.4, -0.2) is 78.8 Å². The predicted octanol–water partition coefficient (Wildman–Crippen LogP) is 2.50. The first kappa shape index (κ1) is 24.8. The molecule has 3 amide bonds. The molecule has 0 radical (unpaired) electrons. The summed E-state index contributed by atoms with van der Waals surface area (Å²) in [6.45, 7) is 11.9. The van der Waals surface area contributed by atoms with Gasteiger partial charge in [0.2, 0.25) is 5.91 Å². The number of ether oxygens (including phenoxy) is 1. The third-order valence-electron chi connectivity index (χ3n) is 7.11. The summed E-state index contributed by atoms with van der Waals surface area (Å²) in [7, 11) is 0. The first-order chi connectivity index (χ1) is 15.1. The summed E-state index contributed by atoms with van der Waals surface area (Å²) in [4.78, 5) is 30.2. The maximum Gasteiger partial charge on any atom is 0.318 e. The first-order valence-electron chi connectivity index (χ1n) is 12.2. The Morgan fingerprint density at radius 1 is 1.16 bits per heavy atom. The molecule has 1 saturated carbocycles. The van der Waals surface area contributed by atoms with Crippen molar-refractivity contribution < 1.29 is 14.3 Å². The topological polar surface area (TPSA) is 97.7 Å². The van der Waals surface area contributed by atoms with Gasteiger partial charge in [0.05, 0.1) is 19.3 Å².